The summed E-state index contributed by atoms with van der Waals surface area (Å²) in [6.45, 7) is 3.72. The third-order valence-electron chi connectivity index (χ3n) is 7.09. The number of nitrogens with zero attached hydrogens (tertiary/aromatic N) is 4. The number of imidazole rings is 1. The number of thiazole rings is 1. The predicted octanol–water partition coefficient (Wildman–Crippen LogP) is 5.64. The standard InChI is InChI=1S/C28H26ClFN4O4S/c29-20-3-1-19(22(30)12-20)15-38-28-32-24(16-39-28)17-5-8-33(9-6-17)14-26-31-23-4-2-18(27(35)36)11-25(23)34(26)13-21-7-10-37-21/h1-5,11-12,16,21H,6-10,13-15H2,(H,35,36)/t21-/m0/s1. The molecule has 11 heteroatoms. The molecule has 0 aliphatic carbocycles. The van der Waals surface area contributed by atoms with Crippen LogP contribution in [0, 0.1) is 5.82 Å². The summed E-state index contributed by atoms with van der Waals surface area (Å²) < 4.78 is 27.5. The van der Waals surface area contributed by atoms with E-state index in [-0.39, 0.29) is 18.3 Å². The van der Waals surface area contributed by atoms with Crippen molar-refractivity contribution >= 4 is 45.5 Å². The molecule has 4 heterocycles. The highest BCUT2D eigenvalue weighted by molar-refractivity contribution is 7.11. The van der Waals surface area contributed by atoms with Crippen LogP contribution in [0.2, 0.25) is 5.02 Å². The van der Waals surface area contributed by atoms with Crippen LogP contribution in [0.5, 0.6) is 5.19 Å². The van der Waals surface area contributed by atoms with Crippen molar-refractivity contribution in [1.82, 2.24) is 19.4 Å². The lowest BCUT2D eigenvalue weighted by atomic mass is 10.1. The van der Waals surface area contributed by atoms with Gasteiger partial charge >= 0.3 is 5.97 Å². The van der Waals surface area contributed by atoms with E-state index in [1.165, 1.54) is 17.4 Å². The Morgan fingerprint density at radius 1 is 1.26 bits per heavy atom. The maximum absolute atomic E-state index is 14.0. The Kier molecular flexibility index (Phi) is 7.35. The molecule has 2 aromatic heterocycles. The van der Waals surface area contributed by atoms with Gasteiger partial charge in [0.25, 0.3) is 5.19 Å². The lowest BCUT2D eigenvalue weighted by Crippen LogP contribution is -2.33. The average molecular weight is 569 g/mol. The molecule has 4 aromatic rings. The molecule has 0 bridgehead atoms. The van der Waals surface area contributed by atoms with E-state index in [9.17, 15) is 14.3 Å². The topological polar surface area (TPSA) is 89.7 Å². The zero-order chi connectivity index (χ0) is 26.9. The summed E-state index contributed by atoms with van der Waals surface area (Å²) in [5.41, 5.74) is 4.32. The number of hydrogen-bond donors (Lipinski definition) is 1. The van der Waals surface area contributed by atoms with Crippen LogP contribution >= 0.6 is 22.9 Å². The second-order valence-electron chi connectivity index (χ2n) is 9.67. The fraction of sp³-hybridized carbons (Fsp3) is 0.321. The van der Waals surface area contributed by atoms with Gasteiger partial charge in [-0.05, 0) is 48.7 Å². The van der Waals surface area contributed by atoms with Gasteiger partial charge in [0.2, 0.25) is 0 Å². The summed E-state index contributed by atoms with van der Waals surface area (Å²) in [7, 11) is 0. The van der Waals surface area contributed by atoms with Gasteiger partial charge in [-0.15, -0.1) is 0 Å². The maximum Gasteiger partial charge on any atom is 0.335 e. The molecule has 1 fully saturated rings. The van der Waals surface area contributed by atoms with Crippen molar-refractivity contribution < 1.29 is 23.8 Å². The molecule has 0 amide bonds. The van der Waals surface area contributed by atoms with E-state index in [0.717, 1.165) is 60.7 Å². The summed E-state index contributed by atoms with van der Waals surface area (Å²) in [6, 6.07) is 9.60. The van der Waals surface area contributed by atoms with E-state index in [2.05, 4.69) is 20.5 Å². The second-order valence-corrected chi connectivity index (χ2v) is 10.9. The lowest BCUT2D eigenvalue weighted by Gasteiger charge is -2.29. The quantitative estimate of drug-likeness (QED) is 0.279. The van der Waals surface area contributed by atoms with Crippen molar-refractivity contribution in [3.05, 3.63) is 81.3 Å². The molecule has 0 spiro atoms. The van der Waals surface area contributed by atoms with Crippen molar-refractivity contribution in [2.24, 2.45) is 0 Å². The first-order chi connectivity index (χ1) is 18.9. The van der Waals surface area contributed by atoms with Gasteiger partial charge in [-0.3, -0.25) is 4.90 Å². The van der Waals surface area contributed by atoms with Crippen LogP contribution in [0.1, 0.15) is 40.3 Å². The van der Waals surface area contributed by atoms with Gasteiger partial charge in [0, 0.05) is 35.7 Å². The minimum absolute atomic E-state index is 0.0869. The molecule has 1 atom stereocenters. The van der Waals surface area contributed by atoms with Crippen LogP contribution in [-0.4, -0.2) is 56.3 Å². The van der Waals surface area contributed by atoms with E-state index in [1.807, 2.05) is 5.38 Å². The van der Waals surface area contributed by atoms with E-state index < -0.39 is 11.8 Å². The molecule has 1 N–H and O–H groups in total. The largest absolute Gasteiger partial charge is 0.478 e. The average Bonchev–Trinajstić information content (AvgIpc) is 3.50. The molecule has 0 radical (unpaired) electrons. The number of aromatic carboxylic acids is 1. The third-order valence-corrected chi connectivity index (χ3v) is 8.08. The van der Waals surface area contributed by atoms with Gasteiger partial charge < -0.3 is 19.1 Å². The minimum atomic E-state index is -0.951. The molecule has 39 heavy (non-hydrogen) atoms. The van der Waals surface area contributed by atoms with Crippen LogP contribution < -0.4 is 4.74 Å². The number of fused-ring (bicyclic) bond motifs is 1. The fourth-order valence-corrected chi connectivity index (χ4v) is 5.65. The summed E-state index contributed by atoms with van der Waals surface area (Å²) in [5.74, 6) is -0.448. The molecular weight excluding hydrogens is 543 g/mol. The number of ether oxygens (including phenoxy) is 2. The molecule has 0 saturated carbocycles. The number of carbonyl (C=O) groups is 1. The molecule has 8 nitrogen and oxygen atoms in total. The van der Waals surface area contributed by atoms with Gasteiger partial charge in [0.15, 0.2) is 0 Å². The highest BCUT2D eigenvalue weighted by Gasteiger charge is 2.24. The van der Waals surface area contributed by atoms with Gasteiger partial charge in [-0.1, -0.05) is 35.1 Å². The fourth-order valence-electron chi connectivity index (χ4n) is 4.80. The highest BCUT2D eigenvalue weighted by Crippen LogP contribution is 2.29. The Balaban J connectivity index is 1.13. The SMILES string of the molecule is O=C(O)c1ccc2nc(CN3CC=C(c4csc(OCc5ccc(Cl)cc5F)n4)CC3)n(C[C@@H]3CCO3)c2c1. The summed E-state index contributed by atoms with van der Waals surface area (Å²) in [5, 5.41) is 12.3. The number of carboxylic acids is 1. The lowest BCUT2D eigenvalue weighted by molar-refractivity contribution is -0.0591. The number of benzene rings is 2. The number of hydrogen-bond acceptors (Lipinski definition) is 7. The van der Waals surface area contributed by atoms with Crippen molar-refractivity contribution in [3.63, 3.8) is 0 Å². The van der Waals surface area contributed by atoms with E-state index >= 15 is 0 Å². The van der Waals surface area contributed by atoms with E-state index in [4.69, 9.17) is 26.1 Å². The molecule has 2 aliphatic rings. The predicted molar refractivity (Wildman–Crippen MR) is 147 cm³/mol. The van der Waals surface area contributed by atoms with Crippen LogP contribution in [0.4, 0.5) is 4.39 Å². The van der Waals surface area contributed by atoms with Gasteiger partial charge in [0.1, 0.15) is 18.2 Å². The van der Waals surface area contributed by atoms with Crippen molar-refractivity contribution in [2.75, 3.05) is 19.7 Å². The van der Waals surface area contributed by atoms with Crippen molar-refractivity contribution in [2.45, 2.75) is 38.6 Å². The second kappa shape index (κ2) is 11.1. The summed E-state index contributed by atoms with van der Waals surface area (Å²) in [4.78, 5) is 23.3. The zero-order valence-electron chi connectivity index (χ0n) is 21.0. The molecule has 0 unspecified atom stereocenters. The Hall–Kier alpha value is -3.31. The van der Waals surface area contributed by atoms with Gasteiger partial charge in [0.05, 0.1) is 41.5 Å². The zero-order valence-corrected chi connectivity index (χ0v) is 22.6. The summed E-state index contributed by atoms with van der Waals surface area (Å²) >= 11 is 7.21. The molecule has 1 saturated heterocycles. The van der Waals surface area contributed by atoms with Crippen molar-refractivity contribution in [1.29, 1.82) is 0 Å². The third kappa shape index (κ3) is 5.69. The Morgan fingerprint density at radius 2 is 2.13 bits per heavy atom. The Labute approximate surface area is 233 Å². The van der Waals surface area contributed by atoms with Crippen molar-refractivity contribution in [3.8, 4) is 5.19 Å². The highest BCUT2D eigenvalue weighted by atomic mass is 35.5. The van der Waals surface area contributed by atoms with Crippen LogP contribution in [0.3, 0.4) is 0 Å². The molecule has 2 aliphatic heterocycles. The molecule has 202 valence electrons. The molecule has 6 rings (SSSR count). The van der Waals surface area contributed by atoms with E-state index in [0.29, 0.717) is 28.9 Å². The van der Waals surface area contributed by atoms with Crippen LogP contribution in [0.25, 0.3) is 16.6 Å². The Morgan fingerprint density at radius 3 is 2.85 bits per heavy atom. The first-order valence-electron chi connectivity index (χ1n) is 12.7. The maximum atomic E-state index is 14.0. The number of rotatable bonds is 9. The number of aromatic nitrogens is 3. The molecule has 2 aromatic carbocycles. The van der Waals surface area contributed by atoms with Gasteiger partial charge in [-0.2, -0.15) is 0 Å². The smallest absolute Gasteiger partial charge is 0.335 e. The normalized spacial score (nSPS) is 17.7. The monoisotopic (exact) mass is 568 g/mol. The minimum Gasteiger partial charge on any atom is -0.478 e. The first kappa shape index (κ1) is 25.9. The first-order valence-corrected chi connectivity index (χ1v) is 14.0. The van der Waals surface area contributed by atoms with Gasteiger partial charge in [-0.25, -0.2) is 19.2 Å². The van der Waals surface area contributed by atoms with Crippen LogP contribution in [-0.2, 0) is 24.4 Å². The van der Waals surface area contributed by atoms with Crippen LogP contribution in [0.15, 0.2) is 47.9 Å². The molecular formula is C28H26ClFN4O4S. The number of halogens is 2. The Bertz CT molecular complexity index is 1560. The summed E-state index contributed by atoms with van der Waals surface area (Å²) in [6.07, 6.45) is 4.11. The number of carboxylic acid groups (broad SMARTS) is 1. The van der Waals surface area contributed by atoms with E-state index in [1.54, 1.807) is 30.3 Å².